The Kier molecular flexibility index (Phi) is 3.84. The van der Waals surface area contributed by atoms with Gasteiger partial charge in [0.1, 0.15) is 12.0 Å². The Morgan fingerprint density at radius 2 is 2.19 bits per heavy atom. The summed E-state index contributed by atoms with van der Waals surface area (Å²) < 4.78 is 16.1. The minimum absolute atomic E-state index is 0.0212. The summed E-state index contributed by atoms with van der Waals surface area (Å²) in [6, 6.07) is 4.64. The van der Waals surface area contributed by atoms with Crippen molar-refractivity contribution in [3.63, 3.8) is 0 Å². The van der Waals surface area contributed by atoms with Gasteiger partial charge < -0.3 is 15.5 Å². The highest BCUT2D eigenvalue weighted by molar-refractivity contribution is 5.94. The summed E-state index contributed by atoms with van der Waals surface area (Å²) in [5.74, 6) is -0.986. The fourth-order valence-corrected chi connectivity index (χ4v) is 3.12. The lowest BCUT2D eigenvalue weighted by molar-refractivity contribution is 0.0959. The molecular formula is C19H18FN5O. The van der Waals surface area contributed by atoms with Gasteiger partial charge in [0, 0.05) is 49.4 Å². The number of hydrogen-bond donors (Lipinski definition) is 2. The molecule has 2 aliphatic rings. The van der Waals surface area contributed by atoms with Crippen LogP contribution in [0.1, 0.15) is 21.5 Å². The molecule has 0 saturated heterocycles. The lowest BCUT2D eigenvalue weighted by Gasteiger charge is -2.27. The van der Waals surface area contributed by atoms with Crippen LogP contribution in [0.3, 0.4) is 0 Å². The summed E-state index contributed by atoms with van der Waals surface area (Å²) >= 11 is 0. The predicted molar refractivity (Wildman–Crippen MR) is 96.9 cm³/mol. The maximum atomic E-state index is 14.3. The van der Waals surface area contributed by atoms with Crippen LogP contribution in [0.4, 0.5) is 4.39 Å². The van der Waals surface area contributed by atoms with Crippen molar-refractivity contribution in [1.29, 1.82) is 0 Å². The SMILES string of the molecule is CNC(=O)c1ccc(C2=CNC3C=CC(c4cnn(C)c4)=CN23)cc1F. The zero-order chi connectivity index (χ0) is 18.3. The quantitative estimate of drug-likeness (QED) is 0.889. The summed E-state index contributed by atoms with van der Waals surface area (Å²) in [6.45, 7) is 0. The average molecular weight is 351 g/mol. The number of hydrogen-bond acceptors (Lipinski definition) is 4. The molecule has 132 valence electrons. The fraction of sp³-hybridized carbons (Fsp3) is 0.158. The summed E-state index contributed by atoms with van der Waals surface area (Å²) in [5.41, 5.74) is 3.59. The van der Waals surface area contributed by atoms with E-state index in [1.165, 1.54) is 19.2 Å². The minimum Gasteiger partial charge on any atom is -0.366 e. The van der Waals surface area contributed by atoms with Crippen molar-refractivity contribution in [2.45, 2.75) is 6.17 Å². The molecule has 1 aromatic carbocycles. The molecular weight excluding hydrogens is 333 g/mol. The van der Waals surface area contributed by atoms with E-state index in [-0.39, 0.29) is 11.7 Å². The molecule has 0 spiro atoms. The molecule has 1 atom stereocenters. The summed E-state index contributed by atoms with van der Waals surface area (Å²) in [7, 11) is 3.35. The first-order valence-electron chi connectivity index (χ1n) is 8.22. The summed E-state index contributed by atoms with van der Waals surface area (Å²) in [6.07, 6.45) is 11.7. The normalized spacial score (nSPS) is 18.1. The van der Waals surface area contributed by atoms with Crippen LogP contribution in [-0.2, 0) is 7.05 Å². The number of nitrogens with one attached hydrogen (secondary N) is 2. The standard InChI is InChI=1S/C19H18FN5O/c1-21-19(26)15-5-3-12(7-16(15)20)17-9-22-18-6-4-13(11-25(17)18)14-8-23-24(2)10-14/h3-11,18,22H,1-2H3,(H,21,26). The van der Waals surface area contributed by atoms with Crippen molar-refractivity contribution in [2.75, 3.05) is 7.05 Å². The van der Waals surface area contributed by atoms with Crippen molar-refractivity contribution < 1.29 is 9.18 Å². The number of amides is 1. The molecule has 1 unspecified atom stereocenters. The van der Waals surface area contributed by atoms with Gasteiger partial charge in [0.25, 0.3) is 5.91 Å². The lowest BCUT2D eigenvalue weighted by atomic mass is 10.0. The van der Waals surface area contributed by atoms with Gasteiger partial charge in [-0.2, -0.15) is 5.10 Å². The third-order valence-corrected chi connectivity index (χ3v) is 4.48. The van der Waals surface area contributed by atoms with Crippen LogP contribution in [0.5, 0.6) is 0 Å². The molecule has 2 aliphatic heterocycles. The minimum atomic E-state index is -0.546. The number of rotatable bonds is 3. The van der Waals surface area contributed by atoms with Crippen LogP contribution in [0.15, 0.2) is 55.1 Å². The number of allylic oxidation sites excluding steroid dienone is 2. The van der Waals surface area contributed by atoms with E-state index in [2.05, 4.69) is 15.7 Å². The molecule has 2 N–H and O–H groups in total. The predicted octanol–water partition coefficient (Wildman–Crippen LogP) is 2.06. The topological polar surface area (TPSA) is 62.2 Å². The average Bonchev–Trinajstić information content (AvgIpc) is 3.26. The van der Waals surface area contributed by atoms with E-state index in [0.717, 1.165) is 16.8 Å². The molecule has 2 aromatic rings. The Morgan fingerprint density at radius 1 is 1.35 bits per heavy atom. The van der Waals surface area contributed by atoms with Crippen molar-refractivity contribution in [3.05, 3.63) is 77.7 Å². The number of fused-ring (bicyclic) bond motifs is 1. The number of nitrogens with zero attached hydrogens (tertiary/aromatic N) is 3. The first-order chi connectivity index (χ1) is 12.6. The Bertz CT molecular complexity index is 972. The lowest BCUT2D eigenvalue weighted by Crippen LogP contribution is -2.32. The Balaban J connectivity index is 1.66. The van der Waals surface area contributed by atoms with Crippen LogP contribution >= 0.6 is 0 Å². The highest BCUT2D eigenvalue weighted by atomic mass is 19.1. The zero-order valence-electron chi connectivity index (χ0n) is 14.4. The van der Waals surface area contributed by atoms with E-state index in [4.69, 9.17) is 0 Å². The molecule has 26 heavy (non-hydrogen) atoms. The van der Waals surface area contributed by atoms with Crippen LogP contribution in [0.25, 0.3) is 11.3 Å². The maximum absolute atomic E-state index is 14.3. The van der Waals surface area contributed by atoms with Crippen molar-refractivity contribution >= 4 is 17.2 Å². The largest absolute Gasteiger partial charge is 0.366 e. The smallest absolute Gasteiger partial charge is 0.253 e. The molecule has 1 aromatic heterocycles. The second-order valence-corrected chi connectivity index (χ2v) is 6.17. The Hall–Kier alpha value is -3.35. The number of aromatic nitrogens is 2. The second-order valence-electron chi connectivity index (χ2n) is 6.17. The molecule has 0 fully saturated rings. The van der Waals surface area contributed by atoms with Crippen molar-refractivity contribution in [1.82, 2.24) is 25.3 Å². The van der Waals surface area contributed by atoms with Crippen LogP contribution in [0.2, 0.25) is 0 Å². The monoisotopic (exact) mass is 351 g/mol. The molecule has 4 rings (SSSR count). The number of carbonyl (C=O) groups is 1. The number of halogens is 1. The van der Waals surface area contributed by atoms with Gasteiger partial charge in [-0.25, -0.2) is 4.39 Å². The van der Waals surface area contributed by atoms with Crippen LogP contribution in [-0.4, -0.2) is 33.8 Å². The number of carbonyl (C=O) groups excluding carboxylic acids is 1. The molecule has 0 saturated carbocycles. The Morgan fingerprint density at radius 3 is 2.88 bits per heavy atom. The molecule has 3 heterocycles. The number of benzene rings is 1. The van der Waals surface area contributed by atoms with Gasteiger partial charge in [-0.05, 0) is 18.2 Å². The van der Waals surface area contributed by atoms with E-state index in [1.807, 2.05) is 42.7 Å². The van der Waals surface area contributed by atoms with E-state index < -0.39 is 11.7 Å². The fourth-order valence-electron chi connectivity index (χ4n) is 3.12. The highest BCUT2D eigenvalue weighted by Crippen LogP contribution is 2.32. The van der Waals surface area contributed by atoms with Gasteiger partial charge in [-0.1, -0.05) is 12.1 Å². The van der Waals surface area contributed by atoms with E-state index in [1.54, 1.807) is 16.9 Å². The first kappa shape index (κ1) is 16.1. The van der Waals surface area contributed by atoms with Gasteiger partial charge in [-0.3, -0.25) is 9.48 Å². The second kappa shape index (κ2) is 6.18. The van der Waals surface area contributed by atoms with Gasteiger partial charge in [0.15, 0.2) is 0 Å². The molecule has 0 bridgehead atoms. The van der Waals surface area contributed by atoms with E-state index in [0.29, 0.717) is 5.56 Å². The molecule has 7 heteroatoms. The van der Waals surface area contributed by atoms with Gasteiger partial charge in [-0.15, -0.1) is 0 Å². The molecule has 0 aliphatic carbocycles. The zero-order valence-corrected chi connectivity index (χ0v) is 14.4. The van der Waals surface area contributed by atoms with Gasteiger partial charge in [0.05, 0.1) is 17.5 Å². The van der Waals surface area contributed by atoms with Crippen LogP contribution < -0.4 is 10.6 Å². The van der Waals surface area contributed by atoms with Gasteiger partial charge >= 0.3 is 0 Å². The molecule has 0 radical (unpaired) electrons. The maximum Gasteiger partial charge on any atom is 0.253 e. The molecule has 1 amide bonds. The Labute approximate surface area is 150 Å². The third-order valence-electron chi connectivity index (χ3n) is 4.48. The molecule has 6 nitrogen and oxygen atoms in total. The third kappa shape index (κ3) is 2.67. The first-order valence-corrected chi connectivity index (χ1v) is 8.22. The van der Waals surface area contributed by atoms with E-state index >= 15 is 0 Å². The van der Waals surface area contributed by atoms with E-state index in [9.17, 15) is 9.18 Å². The highest BCUT2D eigenvalue weighted by Gasteiger charge is 2.27. The van der Waals surface area contributed by atoms with Crippen LogP contribution in [0, 0.1) is 5.82 Å². The van der Waals surface area contributed by atoms with Crippen molar-refractivity contribution in [2.24, 2.45) is 7.05 Å². The number of aryl methyl sites for hydroxylation is 1. The van der Waals surface area contributed by atoms with Crippen molar-refractivity contribution in [3.8, 4) is 0 Å². The summed E-state index contributed by atoms with van der Waals surface area (Å²) in [4.78, 5) is 13.7. The summed E-state index contributed by atoms with van der Waals surface area (Å²) in [5, 5.41) is 9.91. The van der Waals surface area contributed by atoms with Gasteiger partial charge in [0.2, 0.25) is 0 Å².